The molecule has 11 nitrogen and oxygen atoms in total. The van der Waals surface area contributed by atoms with Crippen LogP contribution in [0.1, 0.15) is 20.7 Å². The maximum absolute atomic E-state index is 13.1. The molecular formula is C28H23N5O6S. The Kier molecular flexibility index (Phi) is 7.42. The van der Waals surface area contributed by atoms with Crippen molar-refractivity contribution in [1.82, 2.24) is 15.0 Å². The molecule has 0 aliphatic carbocycles. The number of carbonyl (C=O) groups excluding carboxylic acids is 1. The van der Waals surface area contributed by atoms with Crippen LogP contribution in [0.15, 0.2) is 66.2 Å². The van der Waals surface area contributed by atoms with E-state index in [1.165, 1.54) is 36.6 Å². The van der Waals surface area contributed by atoms with Gasteiger partial charge in [0.15, 0.2) is 23.1 Å². The molecule has 1 amide bonds. The van der Waals surface area contributed by atoms with Crippen LogP contribution < -0.4 is 24.8 Å². The number of anilines is 3. The molecule has 0 saturated heterocycles. The average Bonchev–Trinajstić information content (AvgIpc) is 3.46. The maximum Gasteiger partial charge on any atom is 0.339 e. The molecule has 12 heteroatoms. The minimum absolute atomic E-state index is 0.00407. The van der Waals surface area contributed by atoms with Gasteiger partial charge in [-0.05, 0) is 36.4 Å². The normalized spacial score (nSPS) is 10.7. The van der Waals surface area contributed by atoms with Gasteiger partial charge < -0.3 is 30.0 Å². The summed E-state index contributed by atoms with van der Waals surface area (Å²) < 4.78 is 15.9. The number of carbonyl (C=O) groups is 2. The molecule has 40 heavy (non-hydrogen) atoms. The van der Waals surface area contributed by atoms with Gasteiger partial charge in [0.25, 0.3) is 5.91 Å². The fraction of sp³-hybridized carbons (Fsp3) is 0.107. The Morgan fingerprint density at radius 2 is 1.60 bits per heavy atom. The first-order valence-electron chi connectivity index (χ1n) is 11.8. The van der Waals surface area contributed by atoms with Gasteiger partial charge in [0.2, 0.25) is 0 Å². The Labute approximate surface area is 232 Å². The molecule has 5 rings (SSSR count). The van der Waals surface area contributed by atoms with Crippen LogP contribution in [0, 0.1) is 0 Å². The molecule has 0 aliphatic rings. The van der Waals surface area contributed by atoms with Crippen molar-refractivity contribution in [1.29, 1.82) is 0 Å². The van der Waals surface area contributed by atoms with Crippen LogP contribution in [0.25, 0.3) is 21.7 Å². The SMILES string of the molecule is COc1ccc(Nc2nc(-c3cccc(C(=O)Nc4ccc(C(=O)O)c(OC)c4)c3)nc3scnc23)cc1OC. The van der Waals surface area contributed by atoms with Crippen molar-refractivity contribution in [2.45, 2.75) is 0 Å². The molecule has 0 radical (unpaired) electrons. The molecule has 202 valence electrons. The predicted octanol–water partition coefficient (Wildman–Crippen LogP) is 5.47. The van der Waals surface area contributed by atoms with E-state index in [0.717, 1.165) is 0 Å². The molecular weight excluding hydrogens is 534 g/mol. The van der Waals surface area contributed by atoms with Crippen molar-refractivity contribution in [3.05, 3.63) is 77.3 Å². The lowest BCUT2D eigenvalue weighted by atomic mass is 10.1. The molecule has 5 aromatic rings. The summed E-state index contributed by atoms with van der Waals surface area (Å²) in [5.74, 6) is 0.678. The first-order valence-corrected chi connectivity index (χ1v) is 12.7. The molecule has 0 saturated carbocycles. The molecule has 0 aliphatic heterocycles. The second-order valence-electron chi connectivity index (χ2n) is 8.35. The van der Waals surface area contributed by atoms with Crippen LogP contribution >= 0.6 is 11.3 Å². The fourth-order valence-corrected chi connectivity index (χ4v) is 4.64. The van der Waals surface area contributed by atoms with Gasteiger partial charge >= 0.3 is 5.97 Å². The Morgan fingerprint density at radius 1 is 0.850 bits per heavy atom. The van der Waals surface area contributed by atoms with Crippen LogP contribution in [-0.4, -0.2) is 53.3 Å². The van der Waals surface area contributed by atoms with Crippen molar-refractivity contribution >= 4 is 50.8 Å². The summed E-state index contributed by atoms with van der Waals surface area (Å²) in [6, 6.07) is 16.6. The zero-order valence-corrected chi connectivity index (χ0v) is 22.4. The van der Waals surface area contributed by atoms with Gasteiger partial charge in [-0.3, -0.25) is 4.79 Å². The number of aromatic nitrogens is 3. The highest BCUT2D eigenvalue weighted by molar-refractivity contribution is 7.16. The summed E-state index contributed by atoms with van der Waals surface area (Å²) in [6.07, 6.45) is 0. The van der Waals surface area contributed by atoms with E-state index in [1.54, 1.807) is 50.1 Å². The van der Waals surface area contributed by atoms with Crippen LogP contribution in [0.2, 0.25) is 0 Å². The van der Waals surface area contributed by atoms with E-state index in [-0.39, 0.29) is 11.3 Å². The second kappa shape index (κ2) is 11.3. The Bertz CT molecular complexity index is 1740. The number of nitrogens with zero attached hydrogens (tertiary/aromatic N) is 3. The predicted molar refractivity (Wildman–Crippen MR) is 151 cm³/mol. The van der Waals surface area contributed by atoms with Gasteiger partial charge in [-0.2, -0.15) is 0 Å². The lowest BCUT2D eigenvalue weighted by Crippen LogP contribution is -2.12. The molecule has 3 aromatic carbocycles. The van der Waals surface area contributed by atoms with E-state index >= 15 is 0 Å². The van der Waals surface area contributed by atoms with Crippen molar-refractivity contribution in [2.24, 2.45) is 0 Å². The number of nitrogens with one attached hydrogen (secondary N) is 2. The van der Waals surface area contributed by atoms with Gasteiger partial charge in [-0.25, -0.2) is 19.7 Å². The molecule has 2 aromatic heterocycles. The Morgan fingerprint density at radius 3 is 2.35 bits per heavy atom. The lowest BCUT2D eigenvalue weighted by Gasteiger charge is -2.12. The number of ether oxygens (including phenoxy) is 3. The topological polar surface area (TPSA) is 145 Å². The minimum atomic E-state index is -1.12. The number of rotatable bonds is 9. The number of thiazole rings is 1. The zero-order chi connectivity index (χ0) is 28.2. The standard InChI is InChI=1S/C28H23N5O6S/c1-37-20-10-8-17(13-22(20)39-3)30-25-23-27(40-14-29-23)33-24(32-25)15-5-4-6-16(11-15)26(34)31-18-7-9-19(28(35)36)21(12-18)38-2/h4-14H,1-3H3,(H,31,34)(H,35,36)(H,30,32,33). The quantitative estimate of drug-likeness (QED) is 0.213. The average molecular weight is 558 g/mol. The molecule has 0 spiro atoms. The third kappa shape index (κ3) is 5.33. The highest BCUT2D eigenvalue weighted by atomic mass is 32.1. The third-order valence-electron chi connectivity index (χ3n) is 5.92. The van der Waals surface area contributed by atoms with E-state index < -0.39 is 11.9 Å². The zero-order valence-electron chi connectivity index (χ0n) is 21.6. The Hall–Kier alpha value is -5.23. The number of hydrogen-bond donors (Lipinski definition) is 3. The summed E-state index contributed by atoms with van der Waals surface area (Å²) in [4.78, 5) is 38.9. The minimum Gasteiger partial charge on any atom is -0.496 e. The number of amides is 1. The second-order valence-corrected chi connectivity index (χ2v) is 9.19. The third-order valence-corrected chi connectivity index (χ3v) is 6.64. The van der Waals surface area contributed by atoms with Crippen LogP contribution in [-0.2, 0) is 0 Å². The summed E-state index contributed by atoms with van der Waals surface area (Å²) >= 11 is 1.37. The highest BCUT2D eigenvalue weighted by Crippen LogP contribution is 2.33. The lowest BCUT2D eigenvalue weighted by molar-refractivity contribution is 0.0693. The van der Waals surface area contributed by atoms with Crippen molar-refractivity contribution in [3.63, 3.8) is 0 Å². The fourth-order valence-electron chi connectivity index (χ4n) is 3.98. The molecule has 2 heterocycles. The van der Waals surface area contributed by atoms with E-state index in [0.29, 0.717) is 56.0 Å². The summed E-state index contributed by atoms with van der Waals surface area (Å²) in [5, 5.41) is 15.3. The molecule has 0 fully saturated rings. The number of carboxylic acids is 1. The number of carboxylic acid groups (broad SMARTS) is 1. The summed E-state index contributed by atoms with van der Waals surface area (Å²) in [7, 11) is 4.50. The van der Waals surface area contributed by atoms with Crippen LogP contribution in [0.5, 0.6) is 17.2 Å². The summed E-state index contributed by atoms with van der Waals surface area (Å²) in [6.45, 7) is 0. The molecule has 0 unspecified atom stereocenters. The largest absolute Gasteiger partial charge is 0.496 e. The first kappa shape index (κ1) is 26.4. The highest BCUT2D eigenvalue weighted by Gasteiger charge is 2.16. The van der Waals surface area contributed by atoms with Gasteiger partial charge in [0.1, 0.15) is 21.7 Å². The van der Waals surface area contributed by atoms with Crippen LogP contribution in [0.4, 0.5) is 17.2 Å². The van der Waals surface area contributed by atoms with Crippen molar-refractivity contribution in [2.75, 3.05) is 32.0 Å². The monoisotopic (exact) mass is 557 g/mol. The van der Waals surface area contributed by atoms with E-state index in [9.17, 15) is 14.7 Å². The molecule has 0 bridgehead atoms. The van der Waals surface area contributed by atoms with E-state index in [1.807, 2.05) is 12.1 Å². The van der Waals surface area contributed by atoms with Gasteiger partial charge in [0, 0.05) is 34.6 Å². The number of hydrogen-bond acceptors (Lipinski definition) is 10. The van der Waals surface area contributed by atoms with Crippen molar-refractivity contribution < 1.29 is 28.9 Å². The summed E-state index contributed by atoms with van der Waals surface area (Å²) in [5.41, 5.74) is 4.39. The number of aromatic carboxylic acids is 1. The number of methoxy groups -OCH3 is 3. The maximum atomic E-state index is 13.1. The van der Waals surface area contributed by atoms with E-state index in [4.69, 9.17) is 19.2 Å². The van der Waals surface area contributed by atoms with Gasteiger partial charge in [0.05, 0.1) is 26.8 Å². The Balaban J connectivity index is 1.44. The molecule has 0 atom stereocenters. The smallest absolute Gasteiger partial charge is 0.339 e. The van der Waals surface area contributed by atoms with Crippen LogP contribution in [0.3, 0.4) is 0 Å². The van der Waals surface area contributed by atoms with Gasteiger partial charge in [-0.1, -0.05) is 12.1 Å². The van der Waals surface area contributed by atoms with E-state index in [2.05, 4.69) is 20.6 Å². The van der Waals surface area contributed by atoms with Crippen molar-refractivity contribution in [3.8, 4) is 28.6 Å². The van der Waals surface area contributed by atoms with Gasteiger partial charge in [-0.15, -0.1) is 11.3 Å². The molecule has 3 N–H and O–H groups in total. The first-order chi connectivity index (χ1) is 19.4. The number of benzene rings is 3. The number of fused-ring (bicyclic) bond motifs is 1.